The van der Waals surface area contributed by atoms with Crippen molar-refractivity contribution in [3.05, 3.63) is 46.2 Å². The van der Waals surface area contributed by atoms with Crippen LogP contribution >= 0.6 is 11.6 Å². The molecule has 31 heavy (non-hydrogen) atoms. The number of benzene rings is 1. The Kier molecular flexibility index (Phi) is 6.37. The molecule has 2 aliphatic carbocycles. The Balaban J connectivity index is 1.51. The third kappa shape index (κ3) is 4.95. The molecule has 6 nitrogen and oxygen atoms in total. The summed E-state index contributed by atoms with van der Waals surface area (Å²) in [6.07, 6.45) is 7.20. The first-order valence-electron chi connectivity index (χ1n) is 11.3. The van der Waals surface area contributed by atoms with E-state index in [1.807, 2.05) is 43.7 Å². The van der Waals surface area contributed by atoms with E-state index < -0.39 is 0 Å². The lowest BCUT2D eigenvalue weighted by Crippen LogP contribution is -2.43. The van der Waals surface area contributed by atoms with Gasteiger partial charge in [-0.2, -0.15) is 5.10 Å². The molecule has 0 spiro atoms. The minimum absolute atomic E-state index is 0.00776. The Hall–Kier alpha value is -2.34. The summed E-state index contributed by atoms with van der Waals surface area (Å²) in [5.74, 6) is 0.305. The third-order valence-electron chi connectivity index (χ3n) is 6.23. The second kappa shape index (κ2) is 9.03. The fourth-order valence-electron chi connectivity index (χ4n) is 4.43. The van der Waals surface area contributed by atoms with Crippen LogP contribution in [0.1, 0.15) is 79.9 Å². The Morgan fingerprint density at radius 3 is 2.65 bits per heavy atom. The monoisotopic (exact) mass is 442 g/mol. The van der Waals surface area contributed by atoms with Crippen molar-refractivity contribution < 1.29 is 9.59 Å². The van der Waals surface area contributed by atoms with Gasteiger partial charge in [0.05, 0.1) is 23.1 Å². The number of hydrogen-bond donors (Lipinski definition) is 2. The molecule has 2 atom stereocenters. The zero-order valence-electron chi connectivity index (χ0n) is 18.5. The first-order valence-corrected chi connectivity index (χ1v) is 11.7. The van der Waals surface area contributed by atoms with Gasteiger partial charge in [-0.1, -0.05) is 24.1 Å². The molecule has 7 heteroatoms. The second-order valence-electron chi connectivity index (χ2n) is 9.26. The second-order valence-corrected chi connectivity index (χ2v) is 9.67. The van der Waals surface area contributed by atoms with Crippen molar-refractivity contribution in [2.75, 3.05) is 0 Å². The van der Waals surface area contributed by atoms with E-state index in [0.29, 0.717) is 22.9 Å². The molecular formula is C24H31ClN4O2. The Bertz CT molecular complexity index is 980. The number of halogens is 1. The average molecular weight is 443 g/mol. The highest BCUT2D eigenvalue weighted by Gasteiger charge is 2.34. The molecule has 0 radical (unpaired) electrons. The lowest BCUT2D eigenvalue weighted by molar-refractivity contribution is -0.126. The predicted molar refractivity (Wildman–Crippen MR) is 122 cm³/mol. The van der Waals surface area contributed by atoms with Crippen LogP contribution in [0.2, 0.25) is 5.02 Å². The van der Waals surface area contributed by atoms with Crippen molar-refractivity contribution in [1.82, 2.24) is 20.4 Å². The largest absolute Gasteiger partial charge is 0.354 e. The van der Waals surface area contributed by atoms with Crippen LogP contribution in [0.4, 0.5) is 0 Å². The van der Waals surface area contributed by atoms with Crippen LogP contribution in [0.15, 0.2) is 24.4 Å². The fourth-order valence-corrected chi connectivity index (χ4v) is 4.60. The normalized spacial score (nSPS) is 21.2. The molecule has 166 valence electrons. The summed E-state index contributed by atoms with van der Waals surface area (Å²) in [6, 6.07) is 6.00. The topological polar surface area (TPSA) is 76.0 Å². The van der Waals surface area contributed by atoms with Crippen molar-refractivity contribution in [1.29, 1.82) is 0 Å². The molecule has 4 rings (SSSR count). The number of aromatic nitrogens is 2. The highest BCUT2D eigenvalue weighted by atomic mass is 35.5. The SMILES string of the molecule is Cc1ccc(-n2ncc(C(=O)NC3CCCC(C(=O)NC(C)C)C3)c2C2CC2)cc1Cl. The minimum Gasteiger partial charge on any atom is -0.354 e. The van der Waals surface area contributed by atoms with Crippen LogP contribution in [0.5, 0.6) is 0 Å². The molecule has 0 aliphatic heterocycles. The van der Waals surface area contributed by atoms with Crippen molar-refractivity contribution in [3.63, 3.8) is 0 Å². The number of aryl methyl sites for hydroxylation is 1. The molecular weight excluding hydrogens is 412 g/mol. The highest BCUT2D eigenvalue weighted by molar-refractivity contribution is 6.31. The molecule has 2 unspecified atom stereocenters. The zero-order valence-corrected chi connectivity index (χ0v) is 19.2. The minimum atomic E-state index is -0.0960. The molecule has 0 bridgehead atoms. The van der Waals surface area contributed by atoms with E-state index in [0.717, 1.165) is 49.0 Å². The van der Waals surface area contributed by atoms with Gasteiger partial charge >= 0.3 is 0 Å². The van der Waals surface area contributed by atoms with Crippen LogP contribution in [0.3, 0.4) is 0 Å². The van der Waals surface area contributed by atoms with Crippen LogP contribution < -0.4 is 10.6 Å². The van der Waals surface area contributed by atoms with Gasteiger partial charge in [0.15, 0.2) is 0 Å². The van der Waals surface area contributed by atoms with Crippen molar-refractivity contribution in [2.45, 2.75) is 77.3 Å². The lowest BCUT2D eigenvalue weighted by atomic mass is 9.85. The van der Waals surface area contributed by atoms with Crippen LogP contribution in [0.25, 0.3) is 5.69 Å². The number of carbonyl (C=O) groups is 2. The predicted octanol–water partition coefficient (Wildman–Crippen LogP) is 4.52. The van der Waals surface area contributed by atoms with E-state index in [1.165, 1.54) is 0 Å². The molecule has 2 fully saturated rings. The van der Waals surface area contributed by atoms with Crippen molar-refractivity contribution in [3.8, 4) is 5.69 Å². The molecule has 1 heterocycles. The number of carbonyl (C=O) groups excluding carboxylic acids is 2. The molecule has 2 aromatic rings. The Labute approximate surface area is 188 Å². The van der Waals surface area contributed by atoms with Crippen molar-refractivity contribution >= 4 is 23.4 Å². The fraction of sp³-hybridized carbons (Fsp3) is 0.542. The van der Waals surface area contributed by atoms with E-state index in [2.05, 4.69) is 15.7 Å². The summed E-state index contributed by atoms with van der Waals surface area (Å²) in [4.78, 5) is 25.6. The Morgan fingerprint density at radius 2 is 1.97 bits per heavy atom. The van der Waals surface area contributed by atoms with E-state index in [9.17, 15) is 9.59 Å². The average Bonchev–Trinajstić information content (AvgIpc) is 3.47. The summed E-state index contributed by atoms with van der Waals surface area (Å²) < 4.78 is 1.86. The van der Waals surface area contributed by atoms with Gasteiger partial charge in [-0.05, 0) is 70.6 Å². The van der Waals surface area contributed by atoms with Gasteiger partial charge in [-0.3, -0.25) is 9.59 Å². The molecule has 2 N–H and O–H groups in total. The van der Waals surface area contributed by atoms with E-state index in [-0.39, 0.29) is 29.8 Å². The number of hydrogen-bond acceptors (Lipinski definition) is 3. The number of rotatable bonds is 6. The molecule has 1 aromatic carbocycles. The first kappa shape index (κ1) is 21.9. The van der Waals surface area contributed by atoms with Gasteiger partial charge in [0, 0.05) is 28.9 Å². The van der Waals surface area contributed by atoms with Crippen LogP contribution in [0, 0.1) is 12.8 Å². The Morgan fingerprint density at radius 1 is 1.19 bits per heavy atom. The van der Waals surface area contributed by atoms with Gasteiger partial charge in [0.25, 0.3) is 5.91 Å². The smallest absolute Gasteiger partial charge is 0.255 e. The highest BCUT2D eigenvalue weighted by Crippen LogP contribution is 2.42. The molecule has 1 aromatic heterocycles. The third-order valence-corrected chi connectivity index (χ3v) is 6.63. The van der Waals surface area contributed by atoms with Gasteiger partial charge in [-0.15, -0.1) is 0 Å². The van der Waals surface area contributed by atoms with Gasteiger partial charge in [-0.25, -0.2) is 4.68 Å². The molecule has 0 saturated heterocycles. The standard InChI is InChI=1S/C24H31ClN4O2/c1-14(2)27-23(30)17-5-4-6-18(11-17)28-24(31)20-13-26-29(22(20)16-8-9-16)19-10-7-15(3)21(25)12-19/h7,10,12-14,16-18H,4-6,8-9,11H2,1-3H3,(H,27,30)(H,28,31). The van der Waals surface area contributed by atoms with E-state index >= 15 is 0 Å². The maximum Gasteiger partial charge on any atom is 0.255 e. The van der Waals surface area contributed by atoms with Crippen LogP contribution in [-0.4, -0.2) is 33.7 Å². The van der Waals surface area contributed by atoms with E-state index in [4.69, 9.17) is 11.6 Å². The van der Waals surface area contributed by atoms with Gasteiger partial charge in [0.2, 0.25) is 5.91 Å². The maximum absolute atomic E-state index is 13.2. The zero-order chi connectivity index (χ0) is 22.1. The number of amides is 2. The molecule has 2 aliphatic rings. The van der Waals surface area contributed by atoms with E-state index in [1.54, 1.807) is 6.20 Å². The summed E-state index contributed by atoms with van der Waals surface area (Å²) in [6.45, 7) is 5.91. The maximum atomic E-state index is 13.2. The number of nitrogens with one attached hydrogen (secondary N) is 2. The summed E-state index contributed by atoms with van der Waals surface area (Å²) in [5.41, 5.74) is 3.48. The van der Waals surface area contributed by atoms with Gasteiger partial charge < -0.3 is 10.6 Å². The van der Waals surface area contributed by atoms with Crippen molar-refractivity contribution in [2.24, 2.45) is 5.92 Å². The molecule has 2 saturated carbocycles. The summed E-state index contributed by atoms with van der Waals surface area (Å²) in [7, 11) is 0. The summed E-state index contributed by atoms with van der Waals surface area (Å²) in [5, 5.41) is 11.4. The quantitative estimate of drug-likeness (QED) is 0.690. The van der Waals surface area contributed by atoms with Crippen LogP contribution in [-0.2, 0) is 4.79 Å². The lowest BCUT2D eigenvalue weighted by Gasteiger charge is -2.29. The summed E-state index contributed by atoms with van der Waals surface area (Å²) >= 11 is 6.33. The molecule has 2 amide bonds. The number of nitrogens with zero attached hydrogens (tertiary/aromatic N) is 2. The first-order chi connectivity index (χ1) is 14.8. The van der Waals surface area contributed by atoms with Gasteiger partial charge in [0.1, 0.15) is 0 Å².